The fourth-order valence-electron chi connectivity index (χ4n) is 1.91. The van der Waals surface area contributed by atoms with Crippen LogP contribution in [0, 0.1) is 0 Å². The summed E-state index contributed by atoms with van der Waals surface area (Å²) in [7, 11) is 0. The average Bonchev–Trinajstić information content (AvgIpc) is 3.02. The van der Waals surface area contributed by atoms with E-state index in [0.29, 0.717) is 6.54 Å². The van der Waals surface area contributed by atoms with Crippen molar-refractivity contribution in [3.05, 3.63) is 30.6 Å². The zero-order valence-electron chi connectivity index (χ0n) is 12.1. The van der Waals surface area contributed by atoms with Gasteiger partial charge >= 0.3 is 6.03 Å². The number of nitrogens with one attached hydrogen (secondary N) is 2. The molecule has 1 aromatic carbocycles. The molecule has 0 saturated carbocycles. The van der Waals surface area contributed by atoms with E-state index < -0.39 is 0 Å². The molecule has 0 aliphatic carbocycles. The number of carbonyl (C=O) groups is 1. The van der Waals surface area contributed by atoms with E-state index in [2.05, 4.69) is 33.1 Å². The summed E-state index contributed by atoms with van der Waals surface area (Å²) in [6.07, 6.45) is 6.09. The fraction of sp³-hybridized carbons (Fsp3) is 0.429. The van der Waals surface area contributed by atoms with E-state index in [-0.39, 0.29) is 6.03 Å². The summed E-state index contributed by atoms with van der Waals surface area (Å²) in [6, 6.07) is 7.13. The van der Waals surface area contributed by atoms with Gasteiger partial charge in [-0.25, -0.2) is 9.48 Å². The van der Waals surface area contributed by atoms with Gasteiger partial charge in [0.15, 0.2) is 0 Å². The van der Waals surface area contributed by atoms with Crippen LogP contribution in [0.15, 0.2) is 30.6 Å². The maximum Gasteiger partial charge on any atom is 0.319 e. The smallest absolute Gasteiger partial charge is 0.319 e. The highest BCUT2D eigenvalue weighted by molar-refractivity contribution is 5.89. The molecule has 7 heteroatoms. The molecule has 0 bridgehead atoms. The molecule has 2 rings (SSSR count). The Hall–Kier alpha value is -2.44. The first-order valence-electron chi connectivity index (χ1n) is 7.18. The molecule has 0 radical (unpaired) electrons. The van der Waals surface area contributed by atoms with Crippen LogP contribution < -0.4 is 10.6 Å². The normalized spacial score (nSPS) is 10.3. The molecular formula is C14H20N6O. The van der Waals surface area contributed by atoms with Crippen molar-refractivity contribution >= 4 is 11.7 Å². The van der Waals surface area contributed by atoms with Gasteiger partial charge in [0.2, 0.25) is 0 Å². The largest absolute Gasteiger partial charge is 0.338 e. The summed E-state index contributed by atoms with van der Waals surface area (Å²) in [6.45, 7) is 2.87. The summed E-state index contributed by atoms with van der Waals surface area (Å²) in [5, 5.41) is 16.6. The van der Waals surface area contributed by atoms with Gasteiger partial charge in [0.25, 0.3) is 0 Å². The van der Waals surface area contributed by atoms with Crippen LogP contribution in [0.5, 0.6) is 0 Å². The van der Waals surface area contributed by atoms with Crippen LogP contribution in [0.1, 0.15) is 32.6 Å². The minimum absolute atomic E-state index is 0.179. The highest BCUT2D eigenvalue weighted by Crippen LogP contribution is 2.11. The molecule has 0 aliphatic rings. The number of urea groups is 1. The van der Waals surface area contributed by atoms with Crippen LogP contribution in [0.3, 0.4) is 0 Å². The number of benzene rings is 1. The minimum atomic E-state index is -0.179. The molecule has 0 fully saturated rings. The number of hydrogen-bond donors (Lipinski definition) is 2. The summed E-state index contributed by atoms with van der Waals surface area (Å²) in [5.74, 6) is 0. The van der Waals surface area contributed by atoms with E-state index in [1.165, 1.54) is 19.2 Å². The lowest BCUT2D eigenvalue weighted by Gasteiger charge is -2.08. The van der Waals surface area contributed by atoms with Crippen molar-refractivity contribution < 1.29 is 4.79 Å². The van der Waals surface area contributed by atoms with E-state index in [1.54, 1.807) is 4.68 Å². The lowest BCUT2D eigenvalue weighted by Crippen LogP contribution is -2.29. The molecule has 0 spiro atoms. The molecule has 1 aromatic heterocycles. The van der Waals surface area contributed by atoms with Gasteiger partial charge in [0, 0.05) is 12.2 Å². The molecule has 2 aromatic rings. The molecule has 0 aliphatic heterocycles. The molecule has 2 amide bonds. The Morgan fingerprint density at radius 2 is 2.00 bits per heavy atom. The lowest BCUT2D eigenvalue weighted by atomic mass is 10.2. The van der Waals surface area contributed by atoms with Gasteiger partial charge in [0.05, 0.1) is 5.69 Å². The third kappa shape index (κ3) is 4.87. The number of anilines is 1. The zero-order valence-corrected chi connectivity index (χ0v) is 12.1. The Kier molecular flexibility index (Phi) is 5.69. The first kappa shape index (κ1) is 15.0. The number of nitrogens with zero attached hydrogens (tertiary/aromatic N) is 4. The first-order valence-corrected chi connectivity index (χ1v) is 7.18. The SMILES string of the molecule is CCCCCCNC(=O)Nc1ccc(-n2cnnn2)cc1. The molecule has 0 unspecified atom stereocenters. The maximum absolute atomic E-state index is 11.7. The van der Waals surface area contributed by atoms with Gasteiger partial charge in [0.1, 0.15) is 6.33 Å². The molecular weight excluding hydrogens is 268 g/mol. The molecule has 21 heavy (non-hydrogen) atoms. The summed E-state index contributed by atoms with van der Waals surface area (Å²) in [4.78, 5) is 11.7. The zero-order chi connectivity index (χ0) is 14.9. The summed E-state index contributed by atoms with van der Waals surface area (Å²) < 4.78 is 1.55. The number of aromatic nitrogens is 4. The van der Waals surface area contributed by atoms with Crippen LogP contribution >= 0.6 is 0 Å². The number of hydrogen-bond acceptors (Lipinski definition) is 4. The van der Waals surface area contributed by atoms with Crippen LogP contribution in [-0.2, 0) is 0 Å². The second-order valence-corrected chi connectivity index (χ2v) is 4.74. The van der Waals surface area contributed by atoms with Crippen molar-refractivity contribution in [2.45, 2.75) is 32.6 Å². The molecule has 7 nitrogen and oxygen atoms in total. The number of carbonyl (C=O) groups excluding carboxylic acids is 1. The van der Waals surface area contributed by atoms with Crippen molar-refractivity contribution in [1.82, 2.24) is 25.5 Å². The number of rotatable bonds is 7. The number of amides is 2. The van der Waals surface area contributed by atoms with Crippen LogP contribution in [0.25, 0.3) is 5.69 Å². The van der Waals surface area contributed by atoms with Gasteiger partial charge in [-0.05, 0) is 41.1 Å². The van der Waals surface area contributed by atoms with Gasteiger partial charge in [-0.1, -0.05) is 26.2 Å². The van der Waals surface area contributed by atoms with E-state index in [9.17, 15) is 4.79 Å². The molecule has 2 N–H and O–H groups in total. The van der Waals surface area contributed by atoms with Crippen molar-refractivity contribution in [2.24, 2.45) is 0 Å². The van der Waals surface area contributed by atoms with Crippen LogP contribution in [-0.4, -0.2) is 32.8 Å². The highest BCUT2D eigenvalue weighted by atomic mass is 16.2. The van der Waals surface area contributed by atoms with Gasteiger partial charge < -0.3 is 10.6 Å². The van der Waals surface area contributed by atoms with E-state index in [4.69, 9.17) is 0 Å². The molecule has 112 valence electrons. The Labute approximate surface area is 123 Å². The van der Waals surface area contributed by atoms with Crippen molar-refractivity contribution in [1.29, 1.82) is 0 Å². The standard InChI is InChI=1S/C14H20N6O/c1-2-3-4-5-10-15-14(21)17-12-6-8-13(9-7-12)20-11-16-18-19-20/h6-9,11H,2-5,10H2,1H3,(H2,15,17,21). The topological polar surface area (TPSA) is 84.7 Å². The Morgan fingerprint density at radius 3 is 2.67 bits per heavy atom. The second kappa shape index (κ2) is 7.98. The third-order valence-corrected chi connectivity index (χ3v) is 3.05. The van der Waals surface area contributed by atoms with E-state index >= 15 is 0 Å². The molecule has 0 atom stereocenters. The number of unbranched alkanes of at least 4 members (excludes halogenated alkanes) is 3. The van der Waals surface area contributed by atoms with Gasteiger partial charge in [-0.3, -0.25) is 0 Å². The average molecular weight is 288 g/mol. The van der Waals surface area contributed by atoms with E-state index in [1.807, 2.05) is 24.3 Å². The Morgan fingerprint density at radius 1 is 1.19 bits per heavy atom. The quantitative estimate of drug-likeness (QED) is 0.766. The van der Waals surface area contributed by atoms with Crippen molar-refractivity contribution in [3.8, 4) is 5.69 Å². The molecule has 1 heterocycles. The second-order valence-electron chi connectivity index (χ2n) is 4.74. The first-order chi connectivity index (χ1) is 10.3. The monoisotopic (exact) mass is 288 g/mol. The predicted octanol–water partition coefficient (Wildman–Crippen LogP) is 2.36. The number of tetrazole rings is 1. The molecule has 0 saturated heterocycles. The van der Waals surface area contributed by atoms with Crippen LogP contribution in [0.2, 0.25) is 0 Å². The Balaban J connectivity index is 1.76. The Bertz CT molecular complexity index is 537. The van der Waals surface area contributed by atoms with Gasteiger partial charge in [-0.15, -0.1) is 5.10 Å². The minimum Gasteiger partial charge on any atom is -0.338 e. The highest BCUT2D eigenvalue weighted by Gasteiger charge is 2.02. The van der Waals surface area contributed by atoms with Gasteiger partial charge in [-0.2, -0.15) is 0 Å². The fourth-order valence-corrected chi connectivity index (χ4v) is 1.91. The maximum atomic E-state index is 11.7. The lowest BCUT2D eigenvalue weighted by molar-refractivity contribution is 0.252. The van der Waals surface area contributed by atoms with Crippen molar-refractivity contribution in [3.63, 3.8) is 0 Å². The van der Waals surface area contributed by atoms with Crippen LogP contribution in [0.4, 0.5) is 10.5 Å². The van der Waals surface area contributed by atoms with E-state index in [0.717, 1.165) is 24.2 Å². The summed E-state index contributed by atoms with van der Waals surface area (Å²) in [5.41, 5.74) is 1.57. The van der Waals surface area contributed by atoms with Crippen molar-refractivity contribution in [2.75, 3.05) is 11.9 Å². The summed E-state index contributed by atoms with van der Waals surface area (Å²) >= 11 is 0. The predicted molar refractivity (Wildman–Crippen MR) is 80.3 cm³/mol. The third-order valence-electron chi connectivity index (χ3n) is 3.05.